The van der Waals surface area contributed by atoms with Gasteiger partial charge in [-0.3, -0.25) is 24.6 Å². The highest BCUT2D eigenvalue weighted by Crippen LogP contribution is 2.32. The number of carbonyl (C=O) groups excluding carboxylic acids is 2. The molecule has 0 spiro atoms. The standard InChI is InChI=1S/C18H14ClN3O4/c1-10-13(19)4-3-5-14(10)20-16-15(17(23)21(2)18(16)24)11-6-8-12(9-7-11)22(25)26/h3-9,20H,1-2H3. The summed E-state index contributed by atoms with van der Waals surface area (Å²) in [7, 11) is 1.38. The summed E-state index contributed by atoms with van der Waals surface area (Å²) >= 11 is 6.11. The Balaban J connectivity index is 2.10. The molecule has 0 aromatic heterocycles. The average Bonchev–Trinajstić information content (AvgIpc) is 2.83. The van der Waals surface area contributed by atoms with Gasteiger partial charge in [-0.05, 0) is 42.3 Å². The zero-order chi connectivity index (χ0) is 19.0. The molecule has 8 heteroatoms. The van der Waals surface area contributed by atoms with E-state index in [1.165, 1.54) is 31.3 Å². The van der Waals surface area contributed by atoms with Crippen molar-refractivity contribution in [2.24, 2.45) is 0 Å². The van der Waals surface area contributed by atoms with Gasteiger partial charge in [0.1, 0.15) is 5.70 Å². The number of nitro groups is 1. The first-order valence-electron chi connectivity index (χ1n) is 7.65. The molecule has 2 aromatic carbocycles. The molecule has 1 aliphatic heterocycles. The van der Waals surface area contributed by atoms with E-state index in [-0.39, 0.29) is 17.0 Å². The monoisotopic (exact) mass is 371 g/mol. The van der Waals surface area contributed by atoms with E-state index in [9.17, 15) is 19.7 Å². The number of nitro benzene ring substituents is 1. The predicted octanol–water partition coefficient (Wildman–Crippen LogP) is 3.38. The fraction of sp³-hybridized carbons (Fsp3) is 0.111. The van der Waals surface area contributed by atoms with Crippen molar-refractivity contribution < 1.29 is 14.5 Å². The van der Waals surface area contributed by atoms with E-state index in [0.717, 1.165) is 10.5 Å². The Kier molecular flexibility index (Phi) is 4.48. The van der Waals surface area contributed by atoms with Gasteiger partial charge in [-0.2, -0.15) is 0 Å². The van der Waals surface area contributed by atoms with Gasteiger partial charge in [0.25, 0.3) is 17.5 Å². The molecule has 0 bridgehead atoms. The van der Waals surface area contributed by atoms with E-state index < -0.39 is 16.7 Å². The van der Waals surface area contributed by atoms with Crippen LogP contribution < -0.4 is 5.32 Å². The van der Waals surface area contributed by atoms with Crippen molar-refractivity contribution in [1.82, 2.24) is 4.90 Å². The highest BCUT2D eigenvalue weighted by Gasteiger charge is 2.37. The van der Waals surface area contributed by atoms with Gasteiger partial charge in [0.2, 0.25) is 0 Å². The van der Waals surface area contributed by atoms with E-state index in [2.05, 4.69) is 5.32 Å². The van der Waals surface area contributed by atoms with E-state index in [1.807, 2.05) is 0 Å². The Morgan fingerprint density at radius 2 is 1.73 bits per heavy atom. The smallest absolute Gasteiger partial charge is 0.277 e. The minimum Gasteiger partial charge on any atom is -0.350 e. The molecular formula is C18H14ClN3O4. The van der Waals surface area contributed by atoms with Crippen LogP contribution in [0.2, 0.25) is 5.02 Å². The summed E-state index contributed by atoms with van der Waals surface area (Å²) < 4.78 is 0. The fourth-order valence-electron chi connectivity index (χ4n) is 2.65. The number of non-ortho nitro benzene ring substituents is 1. The summed E-state index contributed by atoms with van der Waals surface area (Å²) in [6.45, 7) is 1.79. The maximum absolute atomic E-state index is 12.5. The number of imide groups is 1. The summed E-state index contributed by atoms with van der Waals surface area (Å²) in [5.41, 5.74) is 1.92. The number of benzene rings is 2. The number of rotatable bonds is 4. The molecule has 2 amide bonds. The summed E-state index contributed by atoms with van der Waals surface area (Å²) in [5, 5.41) is 14.3. The fourth-order valence-corrected chi connectivity index (χ4v) is 2.83. The van der Waals surface area contributed by atoms with Crippen LogP contribution in [0.1, 0.15) is 11.1 Å². The molecule has 132 valence electrons. The van der Waals surface area contributed by atoms with Crippen LogP contribution in [-0.2, 0) is 9.59 Å². The molecule has 0 atom stereocenters. The molecule has 0 saturated heterocycles. The van der Waals surface area contributed by atoms with Gasteiger partial charge in [0.05, 0.1) is 10.5 Å². The minimum absolute atomic E-state index is 0.0975. The molecule has 2 aromatic rings. The number of nitrogens with one attached hydrogen (secondary N) is 1. The van der Waals surface area contributed by atoms with Gasteiger partial charge < -0.3 is 5.32 Å². The lowest BCUT2D eigenvalue weighted by Crippen LogP contribution is -2.28. The van der Waals surface area contributed by atoms with Crippen LogP contribution in [0.4, 0.5) is 11.4 Å². The Bertz CT molecular complexity index is 967. The summed E-state index contributed by atoms with van der Waals surface area (Å²) in [4.78, 5) is 36.3. The third-order valence-corrected chi connectivity index (χ3v) is 4.59. The van der Waals surface area contributed by atoms with Gasteiger partial charge >= 0.3 is 0 Å². The quantitative estimate of drug-likeness (QED) is 0.505. The van der Waals surface area contributed by atoms with Crippen molar-refractivity contribution in [3.05, 3.63) is 74.4 Å². The molecule has 0 aliphatic carbocycles. The number of carbonyl (C=O) groups is 2. The minimum atomic E-state index is -0.527. The van der Waals surface area contributed by atoms with Crippen LogP contribution in [0.3, 0.4) is 0 Å². The Morgan fingerprint density at radius 1 is 1.08 bits per heavy atom. The van der Waals surface area contributed by atoms with Crippen LogP contribution in [0.15, 0.2) is 48.2 Å². The second-order valence-corrected chi connectivity index (χ2v) is 6.17. The Hall–Kier alpha value is -3.19. The van der Waals surface area contributed by atoms with Crippen molar-refractivity contribution in [3.8, 4) is 0 Å². The maximum Gasteiger partial charge on any atom is 0.277 e. The SMILES string of the molecule is Cc1c(Cl)cccc1NC1=C(c2ccc([N+](=O)[O-])cc2)C(=O)N(C)C1=O. The van der Waals surface area contributed by atoms with Crippen LogP contribution in [0.5, 0.6) is 0 Å². The zero-order valence-corrected chi connectivity index (χ0v) is 14.7. The normalized spacial score (nSPS) is 14.2. The van der Waals surface area contributed by atoms with Crippen LogP contribution in [-0.4, -0.2) is 28.7 Å². The van der Waals surface area contributed by atoms with E-state index in [4.69, 9.17) is 11.6 Å². The van der Waals surface area contributed by atoms with Gasteiger partial charge in [-0.25, -0.2) is 0 Å². The predicted molar refractivity (Wildman–Crippen MR) is 97.6 cm³/mol. The van der Waals surface area contributed by atoms with Gasteiger partial charge in [-0.15, -0.1) is 0 Å². The van der Waals surface area contributed by atoms with Crippen LogP contribution in [0, 0.1) is 17.0 Å². The van der Waals surface area contributed by atoms with Gasteiger partial charge in [0, 0.05) is 29.9 Å². The second kappa shape index (κ2) is 6.61. The molecule has 1 heterocycles. The summed E-state index contributed by atoms with van der Waals surface area (Å²) in [6, 6.07) is 10.7. The van der Waals surface area contributed by atoms with Crippen molar-refractivity contribution >= 4 is 40.4 Å². The molecule has 0 radical (unpaired) electrons. The molecule has 3 rings (SSSR count). The van der Waals surface area contributed by atoms with E-state index in [0.29, 0.717) is 16.3 Å². The summed E-state index contributed by atoms with van der Waals surface area (Å²) in [5.74, 6) is -0.964. The van der Waals surface area contributed by atoms with E-state index >= 15 is 0 Å². The summed E-state index contributed by atoms with van der Waals surface area (Å²) in [6.07, 6.45) is 0. The van der Waals surface area contributed by atoms with Gasteiger partial charge in [0.15, 0.2) is 0 Å². The van der Waals surface area contributed by atoms with Crippen molar-refractivity contribution in [2.75, 3.05) is 12.4 Å². The Labute approximate surface area is 154 Å². The lowest BCUT2D eigenvalue weighted by atomic mass is 10.0. The first-order chi connectivity index (χ1) is 12.3. The molecule has 0 saturated carbocycles. The number of anilines is 1. The maximum atomic E-state index is 12.5. The number of hydrogen-bond acceptors (Lipinski definition) is 5. The number of likely N-dealkylation sites (N-methyl/N-ethyl adjacent to an activating group) is 1. The lowest BCUT2D eigenvalue weighted by Gasteiger charge is -2.12. The third-order valence-electron chi connectivity index (χ3n) is 4.18. The van der Waals surface area contributed by atoms with E-state index in [1.54, 1.807) is 25.1 Å². The molecular weight excluding hydrogens is 358 g/mol. The molecule has 1 N–H and O–H groups in total. The van der Waals surface area contributed by atoms with Crippen LogP contribution >= 0.6 is 11.6 Å². The topological polar surface area (TPSA) is 92.6 Å². The molecule has 7 nitrogen and oxygen atoms in total. The van der Waals surface area contributed by atoms with Crippen molar-refractivity contribution in [2.45, 2.75) is 6.92 Å². The van der Waals surface area contributed by atoms with Crippen LogP contribution in [0.25, 0.3) is 5.57 Å². The van der Waals surface area contributed by atoms with Crippen molar-refractivity contribution in [3.63, 3.8) is 0 Å². The van der Waals surface area contributed by atoms with Crippen molar-refractivity contribution in [1.29, 1.82) is 0 Å². The third kappa shape index (κ3) is 2.93. The molecule has 1 aliphatic rings. The van der Waals surface area contributed by atoms with Gasteiger partial charge in [-0.1, -0.05) is 17.7 Å². The first kappa shape index (κ1) is 17.6. The average molecular weight is 372 g/mol. The number of nitrogens with zero attached hydrogens (tertiary/aromatic N) is 2. The Morgan fingerprint density at radius 3 is 2.35 bits per heavy atom. The number of amides is 2. The number of halogens is 1. The molecule has 0 unspecified atom stereocenters. The zero-order valence-electron chi connectivity index (χ0n) is 13.9. The number of hydrogen-bond donors (Lipinski definition) is 1. The largest absolute Gasteiger partial charge is 0.350 e. The lowest BCUT2D eigenvalue weighted by molar-refractivity contribution is -0.384. The highest BCUT2D eigenvalue weighted by atomic mass is 35.5. The molecule has 0 fully saturated rings. The highest BCUT2D eigenvalue weighted by molar-refractivity contribution is 6.36. The second-order valence-electron chi connectivity index (χ2n) is 5.76. The molecule has 26 heavy (non-hydrogen) atoms. The first-order valence-corrected chi connectivity index (χ1v) is 8.02.